The molecule has 44 heavy (non-hydrogen) atoms. The minimum atomic E-state index is -0.643. The molecule has 0 spiro atoms. The molecular weight excluding hydrogens is 584 g/mol. The zero-order valence-electron chi connectivity index (χ0n) is 26.6. The molecule has 2 unspecified atom stereocenters. The van der Waals surface area contributed by atoms with Crippen LogP contribution < -0.4 is 42.5 Å². The maximum Gasteiger partial charge on any atom is 0.315 e. The largest absolute Gasteiger partial charge is 0.390 e. The lowest BCUT2D eigenvalue weighted by Crippen LogP contribution is -2.53. The first-order chi connectivity index (χ1) is 21.5. The smallest absolute Gasteiger partial charge is 0.315 e. The first-order valence-corrected chi connectivity index (χ1v) is 17.8. The summed E-state index contributed by atoms with van der Waals surface area (Å²) in [5.41, 5.74) is 0. The van der Waals surface area contributed by atoms with Crippen molar-refractivity contribution in [3.63, 3.8) is 0 Å². The number of hydrogen-bond acceptors (Lipinski definition) is 11. The number of carbonyl (C=O) groups is 3. The summed E-state index contributed by atoms with van der Waals surface area (Å²) in [6.45, 7) is 13.9. The fourth-order valence-electron chi connectivity index (χ4n) is 5.71. The molecule has 4 fully saturated rings. The van der Waals surface area contributed by atoms with Crippen LogP contribution >= 0.6 is 11.8 Å². The van der Waals surface area contributed by atoms with E-state index in [1.807, 2.05) is 11.8 Å². The number of nitrogens with zero attached hydrogens (tertiary/aromatic N) is 2. The van der Waals surface area contributed by atoms with E-state index >= 15 is 0 Å². The van der Waals surface area contributed by atoms with Crippen LogP contribution in [0.3, 0.4) is 0 Å². The molecule has 0 aromatic carbocycles. The minimum Gasteiger partial charge on any atom is -0.390 e. The number of amides is 4. The van der Waals surface area contributed by atoms with Crippen molar-refractivity contribution in [3.8, 4) is 0 Å². The van der Waals surface area contributed by atoms with Gasteiger partial charge < -0.3 is 47.6 Å². The Hall–Kier alpha value is -1.72. The predicted molar refractivity (Wildman–Crippen MR) is 176 cm³/mol. The molecule has 4 rings (SSSR count). The molecule has 4 aliphatic heterocycles. The Morgan fingerprint density at radius 2 is 1.36 bits per heavy atom. The highest BCUT2D eigenvalue weighted by Crippen LogP contribution is 2.20. The first kappa shape index (κ1) is 36.7. The van der Waals surface area contributed by atoms with Crippen LogP contribution in [0.5, 0.6) is 0 Å². The van der Waals surface area contributed by atoms with E-state index in [0.29, 0.717) is 38.1 Å². The number of unbranched alkanes of at least 4 members (excludes halogenated alkanes) is 1. The number of carbonyl (C=O) groups excluding carboxylic acids is 3. The van der Waals surface area contributed by atoms with Gasteiger partial charge in [-0.25, -0.2) is 4.79 Å². The van der Waals surface area contributed by atoms with E-state index in [2.05, 4.69) is 59.3 Å². The van der Waals surface area contributed by atoms with E-state index in [0.717, 1.165) is 103 Å². The molecular formula is C29H58N10O4S. The second-order valence-corrected chi connectivity index (χ2v) is 12.9. The summed E-state index contributed by atoms with van der Waals surface area (Å²) in [4.78, 5) is 39.8. The SMILES string of the molecule is CCCCC(=O)NCCNC(=O)CC(C(O)CN1CCNCCNCC1)N1CCNCCNCC1.O=C1N[C@H]2CSC[C@H]2N1. The molecule has 4 atom stereocenters. The van der Waals surface area contributed by atoms with Crippen molar-refractivity contribution >= 4 is 29.6 Å². The molecule has 0 radical (unpaired) electrons. The summed E-state index contributed by atoms with van der Waals surface area (Å²) >= 11 is 1.89. The predicted octanol–water partition coefficient (Wildman–Crippen LogP) is -2.70. The van der Waals surface area contributed by atoms with Gasteiger partial charge in [0.25, 0.3) is 0 Å². The molecule has 15 heteroatoms. The molecule has 0 aromatic rings. The fraction of sp³-hybridized carbons (Fsp3) is 0.897. The van der Waals surface area contributed by atoms with Crippen LogP contribution in [-0.4, -0.2) is 167 Å². The van der Waals surface area contributed by atoms with Crippen LogP contribution in [0.15, 0.2) is 0 Å². The highest BCUT2D eigenvalue weighted by atomic mass is 32.2. The molecule has 4 heterocycles. The van der Waals surface area contributed by atoms with Gasteiger partial charge in [-0.05, 0) is 6.42 Å². The quantitative estimate of drug-likeness (QED) is 0.0801. The van der Waals surface area contributed by atoms with Crippen LogP contribution in [0.1, 0.15) is 32.6 Å². The Morgan fingerprint density at radius 3 is 1.91 bits per heavy atom. The lowest BCUT2D eigenvalue weighted by molar-refractivity contribution is -0.124. The van der Waals surface area contributed by atoms with Crippen molar-refractivity contribution in [1.29, 1.82) is 0 Å². The monoisotopic (exact) mass is 642 g/mol. The first-order valence-electron chi connectivity index (χ1n) is 16.6. The highest BCUT2D eigenvalue weighted by Gasteiger charge is 2.35. The minimum absolute atomic E-state index is 0.00491. The molecule has 4 saturated heterocycles. The number of thioether (sulfide) groups is 1. The standard InChI is InChI=1S/C24H50N8O3.C5H8N2OS/c1-2-3-4-23(34)29-9-10-30-24(35)19-21(32-17-13-27-7-8-28-14-18-32)22(33)20-31-15-11-25-5-6-26-12-16-31;8-5-6-3-1-9-2-4(3)7-5/h21-22,25-28,33H,2-20H2,1H3,(H,29,34)(H,30,35);3-4H,1-2H2,(H2,6,7,8)/t;3-,4+. The maximum atomic E-state index is 12.9. The Labute approximate surface area is 267 Å². The van der Waals surface area contributed by atoms with Crippen molar-refractivity contribution in [2.75, 3.05) is 110 Å². The van der Waals surface area contributed by atoms with Gasteiger partial charge in [-0.15, -0.1) is 0 Å². The normalized spacial score (nSPS) is 25.1. The van der Waals surface area contributed by atoms with Crippen LogP contribution in [0.4, 0.5) is 4.79 Å². The van der Waals surface area contributed by atoms with Gasteiger partial charge in [0, 0.05) is 129 Å². The number of fused-ring (bicyclic) bond motifs is 1. The lowest BCUT2D eigenvalue weighted by atomic mass is 10.0. The second-order valence-electron chi connectivity index (χ2n) is 11.8. The average Bonchev–Trinajstić information content (AvgIpc) is 3.65. The van der Waals surface area contributed by atoms with E-state index in [1.165, 1.54) is 0 Å². The molecule has 14 nitrogen and oxygen atoms in total. The Morgan fingerprint density at radius 1 is 0.841 bits per heavy atom. The third-order valence-corrected chi connectivity index (χ3v) is 9.50. The topological polar surface area (TPSA) is 174 Å². The van der Waals surface area contributed by atoms with Crippen molar-refractivity contribution in [3.05, 3.63) is 0 Å². The summed E-state index contributed by atoms with van der Waals surface area (Å²) in [6.07, 6.45) is 1.98. The van der Waals surface area contributed by atoms with Gasteiger partial charge in [0.2, 0.25) is 11.8 Å². The molecule has 9 N–H and O–H groups in total. The fourth-order valence-corrected chi connectivity index (χ4v) is 6.99. The van der Waals surface area contributed by atoms with Gasteiger partial charge >= 0.3 is 6.03 Å². The van der Waals surface area contributed by atoms with Crippen LogP contribution in [0.2, 0.25) is 0 Å². The van der Waals surface area contributed by atoms with Crippen molar-refractivity contribution in [1.82, 2.24) is 52.3 Å². The van der Waals surface area contributed by atoms with Crippen molar-refractivity contribution in [2.45, 2.75) is 56.8 Å². The van der Waals surface area contributed by atoms with E-state index in [1.54, 1.807) is 0 Å². The zero-order chi connectivity index (χ0) is 31.4. The van der Waals surface area contributed by atoms with Crippen molar-refractivity contribution in [2.24, 2.45) is 0 Å². The molecule has 4 amide bonds. The number of nitrogens with one attached hydrogen (secondary N) is 8. The van der Waals surface area contributed by atoms with Gasteiger partial charge in [-0.1, -0.05) is 13.3 Å². The Kier molecular flexibility index (Phi) is 18.3. The molecule has 254 valence electrons. The van der Waals surface area contributed by atoms with Crippen molar-refractivity contribution < 1.29 is 19.5 Å². The average molecular weight is 643 g/mol. The van der Waals surface area contributed by atoms with E-state index in [4.69, 9.17) is 0 Å². The maximum absolute atomic E-state index is 12.9. The number of rotatable bonds is 12. The summed E-state index contributed by atoms with van der Waals surface area (Å²) in [7, 11) is 0. The third kappa shape index (κ3) is 14.6. The summed E-state index contributed by atoms with van der Waals surface area (Å²) in [5.74, 6) is 2.08. The number of hydrogen-bond donors (Lipinski definition) is 9. The second kappa shape index (κ2) is 21.9. The molecule has 4 aliphatic rings. The Balaban J connectivity index is 0.000000493. The number of β-amino-alcohol motifs (C(OH)–C–C–N with tert-alkyl or cyclic N) is 1. The van der Waals surface area contributed by atoms with Crippen LogP contribution in [0.25, 0.3) is 0 Å². The van der Waals surface area contributed by atoms with Crippen LogP contribution in [-0.2, 0) is 9.59 Å². The number of aliphatic hydroxyl groups excluding tert-OH is 1. The summed E-state index contributed by atoms with van der Waals surface area (Å²) in [5, 5.41) is 36.5. The van der Waals surface area contributed by atoms with Gasteiger partial charge in [0.15, 0.2) is 0 Å². The van der Waals surface area contributed by atoms with Gasteiger partial charge in [0.1, 0.15) is 0 Å². The molecule has 0 aliphatic carbocycles. The summed E-state index contributed by atoms with van der Waals surface area (Å²) in [6, 6.07) is 0.541. The lowest BCUT2D eigenvalue weighted by Gasteiger charge is -2.36. The van der Waals surface area contributed by atoms with E-state index < -0.39 is 6.10 Å². The van der Waals surface area contributed by atoms with Gasteiger partial charge in [0.05, 0.1) is 18.2 Å². The Bertz CT molecular complexity index is 810. The molecule has 0 aromatic heterocycles. The summed E-state index contributed by atoms with van der Waals surface area (Å²) < 4.78 is 0. The number of aliphatic hydroxyl groups is 1. The molecule has 0 saturated carbocycles. The van der Waals surface area contributed by atoms with Crippen LogP contribution in [0, 0.1) is 0 Å². The van der Waals surface area contributed by atoms with E-state index in [-0.39, 0.29) is 30.3 Å². The number of urea groups is 1. The molecule has 0 bridgehead atoms. The van der Waals surface area contributed by atoms with Gasteiger partial charge in [-0.2, -0.15) is 11.8 Å². The third-order valence-electron chi connectivity index (χ3n) is 8.31. The highest BCUT2D eigenvalue weighted by molar-refractivity contribution is 7.99. The van der Waals surface area contributed by atoms with E-state index in [9.17, 15) is 19.5 Å². The zero-order valence-corrected chi connectivity index (χ0v) is 27.4. The van der Waals surface area contributed by atoms with Gasteiger partial charge in [-0.3, -0.25) is 19.4 Å².